The zero-order valence-electron chi connectivity index (χ0n) is 13.8. The van der Waals surface area contributed by atoms with E-state index in [0.717, 1.165) is 24.4 Å². The topological polar surface area (TPSA) is 50.7 Å². The molecular formula is C19H25NO3. The lowest BCUT2D eigenvalue weighted by molar-refractivity contribution is 0.194. The van der Waals surface area contributed by atoms with Gasteiger partial charge in [-0.1, -0.05) is 35.9 Å². The van der Waals surface area contributed by atoms with E-state index >= 15 is 0 Å². The SMILES string of the molecule is CCOc1cc(CNCc2ccc(C)cc2)ccc1OCCO. The smallest absolute Gasteiger partial charge is 0.161 e. The predicted molar refractivity (Wildman–Crippen MR) is 91.9 cm³/mol. The van der Waals surface area contributed by atoms with Crippen LogP contribution >= 0.6 is 0 Å². The summed E-state index contributed by atoms with van der Waals surface area (Å²) in [6.07, 6.45) is 0. The van der Waals surface area contributed by atoms with E-state index in [0.29, 0.717) is 12.4 Å². The second-order valence-corrected chi connectivity index (χ2v) is 5.38. The minimum Gasteiger partial charge on any atom is -0.490 e. The standard InChI is InChI=1S/C19H25NO3/c1-3-22-19-12-17(8-9-18(19)23-11-10-21)14-20-13-16-6-4-15(2)5-7-16/h4-9,12,20-21H,3,10-11,13-14H2,1-2H3. The summed E-state index contributed by atoms with van der Waals surface area (Å²) in [6, 6.07) is 14.4. The van der Waals surface area contributed by atoms with Gasteiger partial charge in [0.25, 0.3) is 0 Å². The van der Waals surface area contributed by atoms with Crippen LogP contribution in [-0.2, 0) is 13.1 Å². The third kappa shape index (κ3) is 5.58. The molecule has 0 amide bonds. The van der Waals surface area contributed by atoms with Crippen molar-refractivity contribution in [2.24, 2.45) is 0 Å². The van der Waals surface area contributed by atoms with Crippen LogP contribution in [0.3, 0.4) is 0 Å². The highest BCUT2D eigenvalue weighted by Gasteiger charge is 2.06. The van der Waals surface area contributed by atoms with Crippen molar-refractivity contribution in [1.29, 1.82) is 0 Å². The summed E-state index contributed by atoms with van der Waals surface area (Å²) >= 11 is 0. The van der Waals surface area contributed by atoms with E-state index < -0.39 is 0 Å². The van der Waals surface area contributed by atoms with E-state index in [-0.39, 0.29) is 13.2 Å². The molecule has 0 bridgehead atoms. The van der Waals surface area contributed by atoms with Gasteiger partial charge >= 0.3 is 0 Å². The molecule has 4 heteroatoms. The molecule has 2 rings (SSSR count). The molecule has 23 heavy (non-hydrogen) atoms. The van der Waals surface area contributed by atoms with Gasteiger partial charge in [0, 0.05) is 13.1 Å². The molecule has 0 aliphatic rings. The van der Waals surface area contributed by atoms with Gasteiger partial charge in [-0.3, -0.25) is 0 Å². The van der Waals surface area contributed by atoms with Crippen LogP contribution in [0.15, 0.2) is 42.5 Å². The van der Waals surface area contributed by atoms with Crippen LogP contribution in [-0.4, -0.2) is 24.9 Å². The van der Waals surface area contributed by atoms with Crippen LogP contribution < -0.4 is 14.8 Å². The minimum atomic E-state index is -0.00851. The van der Waals surface area contributed by atoms with Crippen molar-refractivity contribution in [2.45, 2.75) is 26.9 Å². The molecule has 0 heterocycles. The van der Waals surface area contributed by atoms with Crippen molar-refractivity contribution in [1.82, 2.24) is 5.32 Å². The fourth-order valence-electron chi connectivity index (χ4n) is 2.26. The summed E-state index contributed by atoms with van der Waals surface area (Å²) in [5, 5.41) is 12.3. The van der Waals surface area contributed by atoms with Crippen LogP contribution in [0.5, 0.6) is 11.5 Å². The highest BCUT2D eigenvalue weighted by Crippen LogP contribution is 2.28. The van der Waals surface area contributed by atoms with Gasteiger partial charge in [-0.2, -0.15) is 0 Å². The number of hydrogen-bond donors (Lipinski definition) is 2. The van der Waals surface area contributed by atoms with E-state index in [1.165, 1.54) is 11.1 Å². The zero-order valence-corrected chi connectivity index (χ0v) is 13.8. The summed E-state index contributed by atoms with van der Waals surface area (Å²) in [7, 11) is 0. The van der Waals surface area contributed by atoms with Crippen molar-refractivity contribution in [3.8, 4) is 11.5 Å². The highest BCUT2D eigenvalue weighted by atomic mass is 16.5. The lowest BCUT2D eigenvalue weighted by atomic mass is 10.1. The number of aliphatic hydroxyl groups excluding tert-OH is 1. The first-order valence-corrected chi connectivity index (χ1v) is 7.98. The maximum Gasteiger partial charge on any atom is 0.161 e. The van der Waals surface area contributed by atoms with Crippen molar-refractivity contribution in [3.63, 3.8) is 0 Å². The summed E-state index contributed by atoms with van der Waals surface area (Å²) in [5.74, 6) is 1.39. The molecule has 124 valence electrons. The molecule has 2 N–H and O–H groups in total. The van der Waals surface area contributed by atoms with E-state index in [1.54, 1.807) is 0 Å². The Balaban J connectivity index is 1.93. The fraction of sp³-hybridized carbons (Fsp3) is 0.368. The largest absolute Gasteiger partial charge is 0.490 e. The molecule has 0 unspecified atom stereocenters. The molecule has 0 saturated heterocycles. The Labute approximate surface area is 138 Å². The second kappa shape index (κ2) is 9.18. The molecule has 0 aliphatic heterocycles. The van der Waals surface area contributed by atoms with E-state index in [9.17, 15) is 0 Å². The van der Waals surface area contributed by atoms with Crippen LogP contribution in [0.25, 0.3) is 0 Å². The molecule has 0 fully saturated rings. The average molecular weight is 315 g/mol. The van der Waals surface area contributed by atoms with E-state index in [2.05, 4.69) is 36.5 Å². The molecule has 0 atom stereocenters. The van der Waals surface area contributed by atoms with E-state index in [4.69, 9.17) is 14.6 Å². The maximum atomic E-state index is 8.87. The molecule has 0 radical (unpaired) electrons. The number of benzene rings is 2. The third-order valence-electron chi connectivity index (χ3n) is 3.44. The Morgan fingerprint density at radius 1 is 0.913 bits per heavy atom. The number of aryl methyl sites for hydroxylation is 1. The molecule has 4 nitrogen and oxygen atoms in total. The van der Waals surface area contributed by atoms with Crippen molar-refractivity contribution >= 4 is 0 Å². The van der Waals surface area contributed by atoms with Crippen molar-refractivity contribution in [3.05, 3.63) is 59.2 Å². The summed E-state index contributed by atoms with van der Waals surface area (Å²) in [5.41, 5.74) is 3.68. The maximum absolute atomic E-state index is 8.87. The Bertz CT molecular complexity index is 596. The number of aliphatic hydroxyl groups is 1. The molecular weight excluding hydrogens is 290 g/mol. The predicted octanol–water partition coefficient (Wildman–Crippen LogP) is 3.05. The number of rotatable bonds is 9. The van der Waals surface area contributed by atoms with Gasteiger partial charge in [-0.05, 0) is 37.1 Å². The van der Waals surface area contributed by atoms with Gasteiger partial charge in [-0.25, -0.2) is 0 Å². The molecule has 0 aliphatic carbocycles. The molecule has 0 saturated carbocycles. The highest BCUT2D eigenvalue weighted by molar-refractivity contribution is 5.43. The quantitative estimate of drug-likeness (QED) is 0.747. The first-order valence-electron chi connectivity index (χ1n) is 7.98. The molecule has 0 aromatic heterocycles. The normalized spacial score (nSPS) is 10.6. The third-order valence-corrected chi connectivity index (χ3v) is 3.44. The van der Waals surface area contributed by atoms with Gasteiger partial charge in [0.2, 0.25) is 0 Å². The number of nitrogens with one attached hydrogen (secondary N) is 1. The van der Waals surface area contributed by atoms with Crippen LogP contribution in [0.4, 0.5) is 0 Å². The van der Waals surface area contributed by atoms with E-state index in [1.807, 2.05) is 25.1 Å². The Morgan fingerprint density at radius 2 is 1.61 bits per heavy atom. The van der Waals surface area contributed by atoms with Gasteiger partial charge in [0.05, 0.1) is 13.2 Å². The van der Waals surface area contributed by atoms with Gasteiger partial charge in [-0.15, -0.1) is 0 Å². The Morgan fingerprint density at radius 3 is 2.30 bits per heavy atom. The first-order chi connectivity index (χ1) is 11.2. The monoisotopic (exact) mass is 315 g/mol. The number of ether oxygens (including phenoxy) is 2. The number of hydrogen-bond acceptors (Lipinski definition) is 4. The van der Waals surface area contributed by atoms with Gasteiger partial charge in [0.15, 0.2) is 11.5 Å². The Hall–Kier alpha value is -2.04. The Kier molecular flexibility index (Phi) is 6.91. The second-order valence-electron chi connectivity index (χ2n) is 5.38. The lowest BCUT2D eigenvalue weighted by Crippen LogP contribution is -2.13. The van der Waals surface area contributed by atoms with Crippen LogP contribution in [0, 0.1) is 6.92 Å². The summed E-state index contributed by atoms with van der Waals surface area (Å²) < 4.78 is 11.1. The van der Waals surface area contributed by atoms with Crippen molar-refractivity contribution in [2.75, 3.05) is 19.8 Å². The van der Waals surface area contributed by atoms with Gasteiger partial charge < -0.3 is 19.9 Å². The summed E-state index contributed by atoms with van der Waals surface area (Å²) in [6.45, 7) is 6.46. The molecule has 0 spiro atoms. The lowest BCUT2D eigenvalue weighted by Gasteiger charge is -2.13. The zero-order chi connectivity index (χ0) is 16.5. The first kappa shape index (κ1) is 17.3. The van der Waals surface area contributed by atoms with Gasteiger partial charge in [0.1, 0.15) is 6.61 Å². The van der Waals surface area contributed by atoms with Crippen LogP contribution in [0.1, 0.15) is 23.6 Å². The molecule has 2 aromatic carbocycles. The fourth-order valence-corrected chi connectivity index (χ4v) is 2.26. The summed E-state index contributed by atoms with van der Waals surface area (Å²) in [4.78, 5) is 0. The van der Waals surface area contributed by atoms with Crippen LogP contribution in [0.2, 0.25) is 0 Å². The molecule has 2 aromatic rings. The van der Waals surface area contributed by atoms with Crippen molar-refractivity contribution < 1.29 is 14.6 Å². The minimum absolute atomic E-state index is 0.00851. The average Bonchev–Trinajstić information content (AvgIpc) is 2.56.